The lowest BCUT2D eigenvalue weighted by Crippen LogP contribution is -2.39. The predicted molar refractivity (Wildman–Crippen MR) is 73.5 cm³/mol. The monoisotopic (exact) mass is 256 g/mol. The van der Waals surface area contributed by atoms with E-state index in [9.17, 15) is 0 Å². The van der Waals surface area contributed by atoms with Crippen LogP contribution in [0.15, 0.2) is 5.38 Å². The molecule has 0 aliphatic rings. The number of thiazole rings is 1. The van der Waals surface area contributed by atoms with Gasteiger partial charge in [-0.15, -0.1) is 11.3 Å². The number of nitrogens with one attached hydrogen (secondary N) is 1. The minimum absolute atomic E-state index is 0.286. The number of ether oxygens (including phenoxy) is 1. The Kier molecular flexibility index (Phi) is 6.09. The van der Waals surface area contributed by atoms with Crippen molar-refractivity contribution in [1.29, 1.82) is 0 Å². The van der Waals surface area contributed by atoms with Crippen molar-refractivity contribution in [3.8, 4) is 0 Å². The molecule has 0 spiro atoms. The fourth-order valence-electron chi connectivity index (χ4n) is 1.71. The predicted octanol–water partition coefficient (Wildman–Crippen LogP) is 3.03. The lowest BCUT2D eigenvalue weighted by Gasteiger charge is -2.25. The molecule has 17 heavy (non-hydrogen) atoms. The van der Waals surface area contributed by atoms with Gasteiger partial charge in [0.05, 0.1) is 17.3 Å². The number of aryl methyl sites for hydroxylation is 1. The molecule has 0 fully saturated rings. The fourth-order valence-corrected chi connectivity index (χ4v) is 2.54. The van der Waals surface area contributed by atoms with Gasteiger partial charge in [-0.3, -0.25) is 0 Å². The van der Waals surface area contributed by atoms with Crippen molar-refractivity contribution in [2.45, 2.75) is 46.2 Å². The molecule has 2 atom stereocenters. The van der Waals surface area contributed by atoms with Gasteiger partial charge in [0.1, 0.15) is 0 Å². The average molecular weight is 256 g/mol. The highest BCUT2D eigenvalue weighted by Crippen LogP contribution is 2.18. The summed E-state index contributed by atoms with van der Waals surface area (Å²) >= 11 is 1.74. The molecule has 0 radical (unpaired) electrons. The minimum Gasteiger partial charge on any atom is -0.383 e. The Balaban J connectivity index is 2.59. The Morgan fingerprint density at radius 2 is 2.12 bits per heavy atom. The second kappa shape index (κ2) is 7.09. The van der Waals surface area contributed by atoms with E-state index in [0.29, 0.717) is 12.0 Å². The molecule has 0 aliphatic heterocycles. The third-order valence-electron chi connectivity index (χ3n) is 2.93. The molecule has 0 bridgehead atoms. The van der Waals surface area contributed by atoms with Crippen molar-refractivity contribution < 1.29 is 4.74 Å². The van der Waals surface area contributed by atoms with Gasteiger partial charge in [-0.05, 0) is 19.3 Å². The third kappa shape index (κ3) is 4.37. The molecule has 3 nitrogen and oxygen atoms in total. The molecule has 0 unspecified atom stereocenters. The van der Waals surface area contributed by atoms with Crippen LogP contribution in [0.2, 0.25) is 0 Å². The summed E-state index contributed by atoms with van der Waals surface area (Å²) in [7, 11) is 1.75. The molecule has 1 aromatic rings. The van der Waals surface area contributed by atoms with Gasteiger partial charge in [0.2, 0.25) is 0 Å². The average Bonchev–Trinajstić information content (AvgIpc) is 2.76. The summed E-state index contributed by atoms with van der Waals surface area (Å²) in [6, 6.07) is 0.663. The zero-order valence-corrected chi connectivity index (χ0v) is 12.3. The van der Waals surface area contributed by atoms with Crippen LogP contribution in [-0.2, 0) is 11.2 Å². The van der Waals surface area contributed by atoms with E-state index in [4.69, 9.17) is 4.74 Å². The van der Waals surface area contributed by atoms with E-state index in [0.717, 1.165) is 18.7 Å². The molecular weight excluding hydrogens is 232 g/mol. The molecule has 4 heteroatoms. The highest BCUT2D eigenvalue weighted by atomic mass is 32.1. The van der Waals surface area contributed by atoms with Gasteiger partial charge >= 0.3 is 0 Å². The second-order valence-electron chi connectivity index (χ2n) is 4.71. The quantitative estimate of drug-likeness (QED) is 0.814. The Labute approximate surface area is 109 Å². The van der Waals surface area contributed by atoms with Crippen LogP contribution in [0.25, 0.3) is 0 Å². The number of methoxy groups -OCH3 is 1. The number of nitrogens with zero attached hydrogens (tertiary/aromatic N) is 1. The van der Waals surface area contributed by atoms with E-state index in [1.165, 1.54) is 5.01 Å². The van der Waals surface area contributed by atoms with Gasteiger partial charge in [0.15, 0.2) is 0 Å². The molecule has 1 aromatic heterocycles. The summed E-state index contributed by atoms with van der Waals surface area (Å²) in [6.45, 7) is 9.47. The molecular formula is C13H24N2OS. The van der Waals surface area contributed by atoms with Crippen molar-refractivity contribution in [1.82, 2.24) is 10.3 Å². The summed E-state index contributed by atoms with van der Waals surface area (Å²) in [5.41, 5.74) is 1.15. The summed E-state index contributed by atoms with van der Waals surface area (Å²) in [5, 5.41) is 6.95. The highest BCUT2D eigenvalue weighted by molar-refractivity contribution is 7.09. The van der Waals surface area contributed by atoms with Gasteiger partial charge in [-0.2, -0.15) is 0 Å². The first-order valence-corrected chi connectivity index (χ1v) is 7.15. The zero-order chi connectivity index (χ0) is 12.8. The first-order chi connectivity index (χ1) is 8.08. The van der Waals surface area contributed by atoms with E-state index < -0.39 is 0 Å². The van der Waals surface area contributed by atoms with Crippen LogP contribution in [0.5, 0.6) is 0 Å². The van der Waals surface area contributed by atoms with Crippen LogP contribution >= 0.6 is 11.3 Å². The second-order valence-corrected chi connectivity index (χ2v) is 5.66. The van der Waals surface area contributed by atoms with Crippen molar-refractivity contribution in [2.75, 3.05) is 13.7 Å². The van der Waals surface area contributed by atoms with E-state index in [-0.39, 0.29) is 6.04 Å². The lowest BCUT2D eigenvalue weighted by atomic mass is 10.0. The van der Waals surface area contributed by atoms with E-state index >= 15 is 0 Å². The molecule has 0 amide bonds. The molecule has 0 saturated heterocycles. The number of hydrogen-bond donors (Lipinski definition) is 1. The van der Waals surface area contributed by atoms with Crippen molar-refractivity contribution in [3.05, 3.63) is 16.1 Å². The molecule has 98 valence electrons. The van der Waals surface area contributed by atoms with Gasteiger partial charge in [-0.25, -0.2) is 4.98 Å². The highest BCUT2D eigenvalue weighted by Gasteiger charge is 2.18. The van der Waals surface area contributed by atoms with Crippen LogP contribution in [0, 0.1) is 5.92 Å². The van der Waals surface area contributed by atoms with E-state index in [1.54, 1.807) is 18.4 Å². The van der Waals surface area contributed by atoms with Crippen LogP contribution < -0.4 is 5.32 Å². The molecule has 0 saturated carbocycles. The van der Waals surface area contributed by atoms with E-state index in [1.807, 2.05) is 0 Å². The van der Waals surface area contributed by atoms with Crippen LogP contribution in [-0.4, -0.2) is 24.7 Å². The topological polar surface area (TPSA) is 34.2 Å². The van der Waals surface area contributed by atoms with E-state index in [2.05, 4.69) is 43.4 Å². The number of rotatable bonds is 7. The Morgan fingerprint density at radius 3 is 2.59 bits per heavy atom. The minimum atomic E-state index is 0.286. The SMILES string of the molecule is CCc1nc([C@@H](C)N[C@H](COC)C(C)C)cs1. The summed E-state index contributed by atoms with van der Waals surface area (Å²) in [6.07, 6.45) is 1.02. The molecule has 0 aliphatic carbocycles. The summed E-state index contributed by atoms with van der Waals surface area (Å²) in [5.74, 6) is 0.557. The number of aromatic nitrogens is 1. The third-order valence-corrected chi connectivity index (χ3v) is 3.94. The maximum Gasteiger partial charge on any atom is 0.0926 e. The largest absolute Gasteiger partial charge is 0.383 e. The summed E-state index contributed by atoms with van der Waals surface area (Å²) in [4.78, 5) is 4.62. The molecule has 1 rings (SSSR count). The Morgan fingerprint density at radius 1 is 1.41 bits per heavy atom. The van der Waals surface area contributed by atoms with Crippen LogP contribution in [0.4, 0.5) is 0 Å². The Bertz CT molecular complexity index is 325. The van der Waals surface area contributed by atoms with Gasteiger partial charge in [-0.1, -0.05) is 20.8 Å². The molecule has 1 heterocycles. The van der Waals surface area contributed by atoms with Crippen molar-refractivity contribution in [2.24, 2.45) is 5.92 Å². The standard InChI is InChI=1S/C13H24N2OS/c1-6-13-15-12(8-17-13)10(4)14-11(7-16-5)9(2)3/h8-11,14H,6-7H2,1-5H3/t10-,11-/m1/s1. The fraction of sp³-hybridized carbons (Fsp3) is 0.769. The van der Waals surface area contributed by atoms with Gasteiger partial charge in [0.25, 0.3) is 0 Å². The van der Waals surface area contributed by atoms with Crippen LogP contribution in [0.3, 0.4) is 0 Å². The smallest absolute Gasteiger partial charge is 0.0926 e. The van der Waals surface area contributed by atoms with Crippen LogP contribution in [0.1, 0.15) is 44.4 Å². The van der Waals surface area contributed by atoms with Gasteiger partial charge < -0.3 is 10.1 Å². The van der Waals surface area contributed by atoms with Crippen molar-refractivity contribution in [3.63, 3.8) is 0 Å². The number of hydrogen-bond acceptors (Lipinski definition) is 4. The molecule has 0 aromatic carbocycles. The zero-order valence-electron chi connectivity index (χ0n) is 11.5. The van der Waals surface area contributed by atoms with Gasteiger partial charge in [0, 0.05) is 24.6 Å². The lowest BCUT2D eigenvalue weighted by molar-refractivity contribution is 0.141. The molecule has 1 N–H and O–H groups in total. The van der Waals surface area contributed by atoms with Crippen molar-refractivity contribution >= 4 is 11.3 Å². The Hall–Kier alpha value is -0.450. The normalized spacial score (nSPS) is 15.2. The first-order valence-electron chi connectivity index (χ1n) is 6.27. The maximum absolute atomic E-state index is 5.25. The first kappa shape index (κ1) is 14.6. The summed E-state index contributed by atoms with van der Waals surface area (Å²) < 4.78 is 5.25. The maximum atomic E-state index is 5.25.